The summed E-state index contributed by atoms with van der Waals surface area (Å²) in [6.07, 6.45) is -4.01. The monoisotopic (exact) mass is 1010 g/mol. The van der Waals surface area contributed by atoms with E-state index in [0.29, 0.717) is 48.6 Å². The Hall–Kier alpha value is -4.68. The fourth-order valence-corrected chi connectivity index (χ4v) is 7.90. The Kier molecular flexibility index (Phi) is 16.2. The number of hydrogen-bond donors (Lipinski definition) is 2. The second-order valence-electron chi connectivity index (χ2n) is 12.5. The smallest absolute Gasteiger partial charge is 0.416 e. The fourth-order valence-electron chi connectivity index (χ4n) is 5.32. The molecule has 0 fully saturated rings. The largest absolute Gasteiger partial charge is 0.506 e. The molecule has 5 rings (SSSR count). The summed E-state index contributed by atoms with van der Waals surface area (Å²) in [6, 6.07) is 11.7. The number of benzene rings is 3. The molecule has 59 heavy (non-hydrogen) atoms. The molecule has 14 nitrogen and oxygen atoms in total. The lowest BCUT2D eigenvalue weighted by Gasteiger charge is -2.32. The number of ketones is 1. The second-order valence-corrected chi connectivity index (χ2v) is 17.1. The number of esters is 2. The van der Waals surface area contributed by atoms with Crippen LogP contribution in [0.3, 0.4) is 0 Å². The maximum Gasteiger partial charge on any atom is 0.416 e. The number of ether oxygens (including phenoxy) is 2. The highest BCUT2D eigenvalue weighted by Crippen LogP contribution is 2.39. The summed E-state index contributed by atoms with van der Waals surface area (Å²) >= 11 is 18.4. The van der Waals surface area contributed by atoms with Gasteiger partial charge < -0.3 is 14.6 Å². The molecule has 1 aliphatic heterocycles. The van der Waals surface area contributed by atoms with Crippen molar-refractivity contribution in [2.75, 3.05) is 24.5 Å². The number of halogens is 7. The van der Waals surface area contributed by atoms with Crippen LogP contribution in [0, 0.1) is 18.3 Å². The first-order chi connectivity index (χ1) is 27.3. The molecule has 0 bridgehead atoms. The maximum absolute atomic E-state index is 12.8. The molecule has 4 aromatic rings. The topological polar surface area (TPSA) is 201 Å². The average Bonchev–Trinajstić information content (AvgIpc) is 3.64. The zero-order chi connectivity index (χ0) is 44.8. The molecule has 0 saturated carbocycles. The van der Waals surface area contributed by atoms with Gasteiger partial charge in [-0.1, -0.05) is 23.2 Å². The number of hydrogen-bond acceptors (Lipinski definition) is 12. The lowest BCUT2D eigenvalue weighted by molar-refractivity contribution is -0.148. The number of nitriles is 1. The predicted octanol–water partition coefficient (Wildman–Crippen LogP) is 7.91. The lowest BCUT2D eigenvalue weighted by atomic mass is 9.95. The van der Waals surface area contributed by atoms with Gasteiger partial charge in [0.1, 0.15) is 17.0 Å². The molecule has 0 amide bonds. The Labute approximate surface area is 362 Å². The Morgan fingerprint density at radius 2 is 1.64 bits per heavy atom. The van der Waals surface area contributed by atoms with Crippen LogP contribution < -0.4 is 10.6 Å². The van der Waals surface area contributed by atoms with Crippen LogP contribution in [0.4, 0.5) is 18.9 Å². The number of nitrogens with one attached hydrogen (secondary N) is 1. The number of alkyl halides is 3. The molecule has 0 saturated heterocycles. The molecule has 2 N–H and O–H groups in total. The van der Waals surface area contributed by atoms with Crippen LogP contribution in [0.2, 0.25) is 10.0 Å². The fraction of sp³-hybridized carbons (Fsp3) is 0.297. The van der Waals surface area contributed by atoms with E-state index in [1.807, 2.05) is 6.07 Å². The van der Waals surface area contributed by atoms with Gasteiger partial charge in [0, 0.05) is 36.0 Å². The number of aromatic nitrogens is 2. The van der Waals surface area contributed by atoms with Crippen LogP contribution in [0.15, 0.2) is 72.3 Å². The molecule has 2 heterocycles. The summed E-state index contributed by atoms with van der Waals surface area (Å²) in [4.78, 5) is 48.3. The summed E-state index contributed by atoms with van der Waals surface area (Å²) in [5.74, 6) is -1.91. The summed E-state index contributed by atoms with van der Waals surface area (Å²) < 4.78 is 74.3. The number of anilines is 1. The van der Waals surface area contributed by atoms with Crippen LogP contribution in [-0.4, -0.2) is 71.7 Å². The van der Waals surface area contributed by atoms with E-state index in [1.54, 1.807) is 51.1 Å². The van der Waals surface area contributed by atoms with Crippen LogP contribution in [0.5, 0.6) is 5.75 Å². The number of carbonyl (C=O) groups excluding carboxylic acids is 3. The van der Waals surface area contributed by atoms with E-state index in [9.17, 15) is 45.9 Å². The number of rotatable bonds is 8. The molecule has 1 atom stereocenters. The second kappa shape index (κ2) is 19.6. The molecule has 0 aliphatic carbocycles. The minimum absolute atomic E-state index is 0.0591. The average molecular weight is 1010 g/mol. The number of sulfone groups is 1. The van der Waals surface area contributed by atoms with Gasteiger partial charge in [0.2, 0.25) is 5.78 Å². The minimum atomic E-state index is -4.76. The third-order valence-electron chi connectivity index (χ3n) is 8.12. The van der Waals surface area contributed by atoms with Crippen molar-refractivity contribution in [1.29, 1.82) is 5.26 Å². The lowest BCUT2D eigenvalue weighted by Crippen LogP contribution is -2.48. The molecule has 0 radical (unpaired) electrons. The first-order valence-electron chi connectivity index (χ1n) is 16.8. The van der Waals surface area contributed by atoms with E-state index in [0.717, 1.165) is 10.7 Å². The summed E-state index contributed by atoms with van der Waals surface area (Å²) in [5, 5.41) is 26.7. The van der Waals surface area contributed by atoms with E-state index in [2.05, 4.69) is 42.1 Å². The van der Waals surface area contributed by atoms with Gasteiger partial charge in [-0.2, -0.15) is 23.5 Å². The Balaban J connectivity index is 0.000000253. The normalized spacial score (nSPS) is 14.8. The summed E-state index contributed by atoms with van der Waals surface area (Å²) in [6.45, 7) is 6.92. The number of phenolic OH excluding ortho intramolecular Hbond substituents is 1. The first-order valence-corrected chi connectivity index (χ1v) is 21.0. The van der Waals surface area contributed by atoms with Crippen molar-refractivity contribution >= 4 is 94.0 Å². The molecule has 1 aliphatic rings. The van der Waals surface area contributed by atoms with E-state index >= 15 is 0 Å². The van der Waals surface area contributed by atoms with Crippen LogP contribution in [-0.2, 0) is 42.1 Å². The molecule has 0 spiro atoms. The standard InChI is InChI=1S/C16H18Cl2N2O4.C14H13F3N2O4S.C7H3Br2NO/c1-4-23-14(21)12-9-16(3,15(22)24-5-2)20(19-12)13-7-6-10(17)8-11(13)18;1-7-11(13(21)19(2)18-7)12(20)9-5-4-8(14(15,16)17)6-10(9)24(3,22)23;8-5-1-4(3-10)2-6(9)7(5)11/h6-8H,4-5,9H2,1-3H3;4-6,18H,1-3H3;1-2,11H. The highest BCUT2D eigenvalue weighted by molar-refractivity contribution is 9.11. The number of carbonyl (C=O) groups is 3. The van der Waals surface area contributed by atoms with Crippen LogP contribution in [0.1, 0.15) is 59.9 Å². The molecule has 316 valence electrons. The molecular weight excluding hydrogens is 978 g/mol. The van der Waals surface area contributed by atoms with E-state index in [1.165, 1.54) is 19.0 Å². The van der Waals surface area contributed by atoms with Gasteiger partial charge in [0.25, 0.3) is 5.56 Å². The number of hydrazone groups is 1. The minimum Gasteiger partial charge on any atom is -0.506 e. The van der Waals surface area contributed by atoms with Gasteiger partial charge in [-0.05, 0) is 108 Å². The number of H-pyrrole nitrogens is 1. The summed E-state index contributed by atoms with van der Waals surface area (Å²) in [7, 11) is -2.77. The maximum atomic E-state index is 12.8. The van der Waals surface area contributed by atoms with E-state index in [4.69, 9.17) is 37.9 Å². The zero-order valence-electron chi connectivity index (χ0n) is 31.8. The molecule has 1 unspecified atom stereocenters. The van der Waals surface area contributed by atoms with Crippen LogP contribution in [0.25, 0.3) is 0 Å². The van der Waals surface area contributed by atoms with Gasteiger partial charge in [-0.3, -0.25) is 19.4 Å². The van der Waals surface area contributed by atoms with Crippen molar-refractivity contribution in [2.45, 2.75) is 50.7 Å². The Bertz CT molecular complexity index is 2520. The highest BCUT2D eigenvalue weighted by Gasteiger charge is 2.49. The Morgan fingerprint density at radius 3 is 2.12 bits per heavy atom. The van der Waals surface area contributed by atoms with Gasteiger partial charge in [-0.15, -0.1) is 0 Å². The van der Waals surface area contributed by atoms with Crippen molar-refractivity contribution < 1.29 is 50.6 Å². The van der Waals surface area contributed by atoms with Crippen molar-refractivity contribution in [3.63, 3.8) is 0 Å². The SMILES string of the molecule is CCOC(=O)C1=NN(c2ccc(Cl)cc2Cl)C(C)(C(=O)OCC)C1.Cc1[nH]n(C)c(=O)c1C(=O)c1ccc(C(F)(F)F)cc1S(C)(=O)=O.N#Cc1cc(Br)c(O)c(Br)c1. The third kappa shape index (κ3) is 11.5. The summed E-state index contributed by atoms with van der Waals surface area (Å²) in [5.41, 5.74) is -2.61. The first kappa shape index (κ1) is 48.7. The predicted molar refractivity (Wildman–Crippen MR) is 220 cm³/mol. The zero-order valence-corrected chi connectivity index (χ0v) is 37.3. The molecule has 22 heteroatoms. The van der Waals surface area contributed by atoms with Crippen molar-refractivity contribution in [3.8, 4) is 11.8 Å². The van der Waals surface area contributed by atoms with Crippen molar-refractivity contribution in [1.82, 2.24) is 9.78 Å². The number of aryl methyl sites for hydroxylation is 2. The van der Waals surface area contributed by atoms with Gasteiger partial charge in [-0.25, -0.2) is 23.0 Å². The van der Waals surface area contributed by atoms with Gasteiger partial charge in [0.15, 0.2) is 15.4 Å². The van der Waals surface area contributed by atoms with E-state index < -0.39 is 60.9 Å². The molecule has 1 aromatic heterocycles. The molecule has 3 aromatic carbocycles. The van der Waals surface area contributed by atoms with Gasteiger partial charge in [0.05, 0.1) is 55.0 Å². The van der Waals surface area contributed by atoms with Crippen LogP contribution >= 0.6 is 55.1 Å². The van der Waals surface area contributed by atoms with Crippen molar-refractivity contribution in [2.24, 2.45) is 12.1 Å². The van der Waals surface area contributed by atoms with Crippen molar-refractivity contribution in [3.05, 3.63) is 106 Å². The number of aromatic amines is 1. The number of nitrogens with zero attached hydrogens (tertiary/aromatic N) is 4. The number of aromatic hydroxyl groups is 1. The Morgan fingerprint density at radius 1 is 1.05 bits per heavy atom. The van der Waals surface area contributed by atoms with E-state index in [-0.39, 0.29) is 42.4 Å². The molecular formula is C37H34Br2Cl2F3N5O9S. The quantitative estimate of drug-likeness (QED) is 0.128. The number of phenols is 1. The highest BCUT2D eigenvalue weighted by atomic mass is 79.9. The third-order valence-corrected chi connectivity index (χ3v) is 11.0. The van der Waals surface area contributed by atoms with Gasteiger partial charge >= 0.3 is 18.1 Å².